The van der Waals surface area contributed by atoms with E-state index in [4.69, 9.17) is 0 Å². The van der Waals surface area contributed by atoms with Gasteiger partial charge in [0, 0.05) is 37.1 Å². The Morgan fingerprint density at radius 1 is 1.21 bits per heavy atom. The Kier molecular flexibility index (Phi) is 5.94. The van der Waals surface area contributed by atoms with Crippen molar-refractivity contribution in [2.75, 3.05) is 6.54 Å². The average Bonchev–Trinajstić information content (AvgIpc) is 3.52. The number of pyridine rings is 1. The molecule has 1 amide bonds. The number of nitrogens with zero attached hydrogens (tertiary/aromatic N) is 5. The van der Waals surface area contributed by atoms with E-state index in [9.17, 15) is 4.79 Å². The minimum atomic E-state index is -0.234. The second-order valence-electron chi connectivity index (χ2n) is 7.25. The molecule has 150 valence electrons. The molecule has 4 rings (SSSR count). The molecule has 29 heavy (non-hydrogen) atoms. The highest BCUT2D eigenvalue weighted by molar-refractivity contribution is 8.00. The van der Waals surface area contributed by atoms with Crippen molar-refractivity contribution >= 4 is 17.7 Å². The molecule has 1 saturated carbocycles. The van der Waals surface area contributed by atoms with E-state index >= 15 is 0 Å². The first kappa shape index (κ1) is 19.6. The molecule has 6 nitrogen and oxygen atoms in total. The van der Waals surface area contributed by atoms with E-state index in [0.717, 1.165) is 34.9 Å². The smallest absolute Gasteiger partial charge is 0.236 e. The van der Waals surface area contributed by atoms with Gasteiger partial charge in [0.1, 0.15) is 0 Å². The van der Waals surface area contributed by atoms with E-state index in [1.54, 1.807) is 6.20 Å². The van der Waals surface area contributed by atoms with Crippen LogP contribution in [-0.2, 0) is 11.3 Å². The largest absolute Gasteiger partial charge is 0.338 e. The van der Waals surface area contributed by atoms with E-state index in [-0.39, 0.29) is 11.2 Å². The number of aromatic nitrogens is 4. The highest BCUT2D eigenvalue weighted by Crippen LogP contribution is 2.41. The number of thioether (sulfide) groups is 1. The average molecular weight is 408 g/mol. The van der Waals surface area contributed by atoms with E-state index in [2.05, 4.69) is 31.9 Å². The minimum Gasteiger partial charge on any atom is -0.338 e. The predicted molar refractivity (Wildman–Crippen MR) is 114 cm³/mol. The topological polar surface area (TPSA) is 63.9 Å². The number of benzene rings is 1. The van der Waals surface area contributed by atoms with Gasteiger partial charge in [-0.25, -0.2) is 0 Å². The molecule has 1 aliphatic carbocycles. The van der Waals surface area contributed by atoms with Crippen LogP contribution < -0.4 is 0 Å². The van der Waals surface area contributed by atoms with Crippen LogP contribution in [0.5, 0.6) is 0 Å². The molecule has 1 fully saturated rings. The number of hydrogen-bond acceptors (Lipinski definition) is 5. The molecule has 1 unspecified atom stereocenters. The number of amides is 1. The normalized spacial score (nSPS) is 14.6. The summed E-state index contributed by atoms with van der Waals surface area (Å²) in [5, 5.41) is 9.42. The maximum atomic E-state index is 13.1. The zero-order valence-corrected chi connectivity index (χ0v) is 17.5. The molecule has 0 bridgehead atoms. The van der Waals surface area contributed by atoms with Gasteiger partial charge in [-0.3, -0.25) is 14.3 Å². The van der Waals surface area contributed by atoms with Crippen molar-refractivity contribution in [3.8, 4) is 11.4 Å². The molecule has 0 N–H and O–H groups in total. The Morgan fingerprint density at radius 3 is 2.66 bits per heavy atom. The Morgan fingerprint density at radius 2 is 2.00 bits per heavy atom. The van der Waals surface area contributed by atoms with Crippen molar-refractivity contribution in [1.82, 2.24) is 24.6 Å². The second-order valence-corrected chi connectivity index (χ2v) is 8.56. The van der Waals surface area contributed by atoms with Crippen LogP contribution in [0, 0.1) is 0 Å². The van der Waals surface area contributed by atoms with Crippen LogP contribution >= 0.6 is 11.8 Å². The fraction of sp³-hybridized carbons (Fsp3) is 0.364. The molecule has 1 aliphatic rings. The molecular weight excluding hydrogens is 382 g/mol. The molecule has 1 aromatic carbocycles. The third kappa shape index (κ3) is 4.50. The second kappa shape index (κ2) is 8.78. The van der Waals surface area contributed by atoms with Crippen molar-refractivity contribution < 1.29 is 4.79 Å². The van der Waals surface area contributed by atoms with Gasteiger partial charge in [-0.15, -0.1) is 10.2 Å². The third-order valence-electron chi connectivity index (χ3n) is 5.04. The summed E-state index contributed by atoms with van der Waals surface area (Å²) < 4.78 is 2.18. The molecule has 3 aromatic rings. The summed E-state index contributed by atoms with van der Waals surface area (Å²) in [6, 6.07) is 14.4. The molecule has 2 aromatic heterocycles. The fourth-order valence-electron chi connectivity index (χ4n) is 3.33. The quantitative estimate of drug-likeness (QED) is 0.524. The third-order valence-corrected chi connectivity index (χ3v) is 6.08. The maximum Gasteiger partial charge on any atom is 0.236 e. The number of hydrogen-bond donors (Lipinski definition) is 0. The van der Waals surface area contributed by atoms with Crippen molar-refractivity contribution in [3.05, 3.63) is 60.4 Å². The highest BCUT2D eigenvalue weighted by Gasteiger charge is 2.32. The fourth-order valence-corrected chi connectivity index (χ4v) is 4.33. The van der Waals surface area contributed by atoms with Crippen LogP contribution in [0.2, 0.25) is 0 Å². The summed E-state index contributed by atoms with van der Waals surface area (Å²) in [4.78, 5) is 19.2. The van der Waals surface area contributed by atoms with Gasteiger partial charge in [-0.2, -0.15) is 0 Å². The maximum absolute atomic E-state index is 13.1. The van der Waals surface area contributed by atoms with Gasteiger partial charge < -0.3 is 4.90 Å². The van der Waals surface area contributed by atoms with Gasteiger partial charge in [0.15, 0.2) is 11.0 Å². The molecule has 1 atom stereocenters. The van der Waals surface area contributed by atoms with Gasteiger partial charge in [-0.1, -0.05) is 42.1 Å². The van der Waals surface area contributed by atoms with E-state index in [1.165, 1.54) is 11.8 Å². The lowest BCUT2D eigenvalue weighted by atomic mass is 10.2. The van der Waals surface area contributed by atoms with Crippen LogP contribution in [0.3, 0.4) is 0 Å². The van der Waals surface area contributed by atoms with Crippen molar-refractivity contribution in [2.24, 2.45) is 0 Å². The standard InChI is InChI=1S/C22H25N5OS/c1-3-26(15-17-8-5-4-6-9-17)21(28)16(2)29-22-25-24-20(27(22)19-11-12-19)18-10-7-13-23-14-18/h4-10,13-14,16,19H,3,11-12,15H2,1-2H3. The highest BCUT2D eigenvalue weighted by atomic mass is 32.2. The van der Waals surface area contributed by atoms with Crippen molar-refractivity contribution in [2.45, 2.75) is 49.7 Å². The molecule has 0 saturated heterocycles. The number of carbonyl (C=O) groups excluding carboxylic acids is 1. The summed E-state index contributed by atoms with van der Waals surface area (Å²) in [6.07, 6.45) is 5.81. The lowest BCUT2D eigenvalue weighted by Gasteiger charge is -2.24. The zero-order valence-electron chi connectivity index (χ0n) is 16.7. The monoisotopic (exact) mass is 407 g/mol. The summed E-state index contributed by atoms with van der Waals surface area (Å²) >= 11 is 1.49. The van der Waals surface area contributed by atoms with Crippen LogP contribution in [0.15, 0.2) is 60.0 Å². The Labute approximate surface area is 175 Å². The van der Waals surface area contributed by atoms with Crippen LogP contribution in [0.25, 0.3) is 11.4 Å². The Hall–Kier alpha value is -2.67. The van der Waals surface area contributed by atoms with Gasteiger partial charge >= 0.3 is 0 Å². The van der Waals surface area contributed by atoms with Crippen LogP contribution in [0.4, 0.5) is 0 Å². The number of carbonyl (C=O) groups is 1. The lowest BCUT2D eigenvalue weighted by Crippen LogP contribution is -2.36. The molecule has 2 heterocycles. The van der Waals surface area contributed by atoms with Gasteiger partial charge in [0.25, 0.3) is 0 Å². The molecular formula is C22H25N5OS. The first-order chi connectivity index (χ1) is 14.2. The SMILES string of the molecule is CCN(Cc1ccccc1)C(=O)C(C)Sc1nnc(-c2cccnc2)n1C1CC1. The van der Waals surface area contributed by atoms with Crippen molar-refractivity contribution in [1.29, 1.82) is 0 Å². The van der Waals surface area contributed by atoms with Gasteiger partial charge in [0.2, 0.25) is 5.91 Å². The summed E-state index contributed by atoms with van der Waals surface area (Å²) in [7, 11) is 0. The zero-order chi connectivity index (χ0) is 20.2. The summed E-state index contributed by atoms with van der Waals surface area (Å²) in [5.41, 5.74) is 2.09. The van der Waals surface area contributed by atoms with E-state index in [1.807, 2.05) is 55.3 Å². The van der Waals surface area contributed by atoms with Gasteiger partial charge in [-0.05, 0) is 44.4 Å². The first-order valence-electron chi connectivity index (χ1n) is 10.0. The summed E-state index contributed by atoms with van der Waals surface area (Å²) in [5.74, 6) is 0.953. The Balaban J connectivity index is 1.51. The first-order valence-corrected chi connectivity index (χ1v) is 10.9. The lowest BCUT2D eigenvalue weighted by molar-refractivity contribution is -0.130. The summed E-state index contributed by atoms with van der Waals surface area (Å²) in [6.45, 7) is 5.27. The van der Waals surface area contributed by atoms with E-state index in [0.29, 0.717) is 19.1 Å². The van der Waals surface area contributed by atoms with Crippen LogP contribution in [0.1, 0.15) is 38.3 Å². The molecule has 0 spiro atoms. The number of rotatable bonds is 8. The predicted octanol–water partition coefficient (Wildman–Crippen LogP) is 4.20. The minimum absolute atomic E-state index is 0.120. The molecule has 0 aliphatic heterocycles. The Bertz CT molecular complexity index is 956. The van der Waals surface area contributed by atoms with Crippen molar-refractivity contribution in [3.63, 3.8) is 0 Å². The van der Waals surface area contributed by atoms with Crippen LogP contribution in [-0.4, -0.2) is 42.4 Å². The molecule has 7 heteroatoms. The molecule has 0 radical (unpaired) electrons. The van der Waals surface area contributed by atoms with E-state index < -0.39 is 0 Å². The van der Waals surface area contributed by atoms with Gasteiger partial charge in [0.05, 0.1) is 5.25 Å².